The van der Waals surface area contributed by atoms with Gasteiger partial charge in [0.15, 0.2) is 0 Å². The zero-order chi connectivity index (χ0) is 11.5. The second-order valence-corrected chi connectivity index (χ2v) is 5.16. The first-order valence-electron chi connectivity index (χ1n) is 4.75. The van der Waals surface area contributed by atoms with Crippen molar-refractivity contribution in [2.45, 2.75) is 13.5 Å². The highest BCUT2D eigenvalue weighted by Crippen LogP contribution is 2.20. The molecule has 1 heterocycles. The molecule has 1 N–H and O–H groups in total. The average Bonchev–Trinajstić information content (AvgIpc) is 2.66. The standard InChI is InChI=1S/C11H10BrFN2S/c1-7-6-16-11(15-7)5-14-8-2-3-10(13)9(12)4-8/h2-4,6,14H,5H2,1H3. The van der Waals surface area contributed by atoms with Crippen molar-refractivity contribution in [2.75, 3.05) is 5.32 Å². The molecule has 0 aliphatic rings. The minimum Gasteiger partial charge on any atom is -0.378 e. The van der Waals surface area contributed by atoms with Gasteiger partial charge in [0.05, 0.1) is 11.0 Å². The van der Waals surface area contributed by atoms with Gasteiger partial charge in [0.1, 0.15) is 10.8 Å². The molecule has 0 fully saturated rings. The first-order valence-corrected chi connectivity index (χ1v) is 6.42. The summed E-state index contributed by atoms with van der Waals surface area (Å²) in [6.45, 7) is 2.63. The van der Waals surface area contributed by atoms with Gasteiger partial charge in [0.2, 0.25) is 0 Å². The fourth-order valence-corrected chi connectivity index (χ4v) is 2.36. The summed E-state index contributed by atoms with van der Waals surface area (Å²) >= 11 is 4.77. The Morgan fingerprint density at radius 3 is 2.94 bits per heavy atom. The Morgan fingerprint density at radius 1 is 1.50 bits per heavy atom. The summed E-state index contributed by atoms with van der Waals surface area (Å²) in [5, 5.41) is 6.23. The van der Waals surface area contributed by atoms with Crippen LogP contribution in [-0.4, -0.2) is 4.98 Å². The van der Waals surface area contributed by atoms with E-state index in [9.17, 15) is 4.39 Å². The highest BCUT2D eigenvalue weighted by atomic mass is 79.9. The predicted octanol–water partition coefficient (Wildman–Crippen LogP) is 3.97. The maximum atomic E-state index is 13.0. The van der Waals surface area contributed by atoms with Gasteiger partial charge in [-0.15, -0.1) is 11.3 Å². The van der Waals surface area contributed by atoms with Crippen molar-refractivity contribution >= 4 is 33.0 Å². The quantitative estimate of drug-likeness (QED) is 0.928. The number of nitrogens with zero attached hydrogens (tertiary/aromatic N) is 1. The highest BCUT2D eigenvalue weighted by molar-refractivity contribution is 9.10. The van der Waals surface area contributed by atoms with Crippen molar-refractivity contribution in [1.82, 2.24) is 4.98 Å². The Balaban J connectivity index is 2.02. The van der Waals surface area contributed by atoms with Crippen molar-refractivity contribution < 1.29 is 4.39 Å². The molecule has 0 aliphatic heterocycles. The number of benzene rings is 1. The maximum absolute atomic E-state index is 13.0. The maximum Gasteiger partial charge on any atom is 0.137 e. The third kappa shape index (κ3) is 2.80. The van der Waals surface area contributed by atoms with Crippen LogP contribution >= 0.6 is 27.3 Å². The molecule has 0 saturated heterocycles. The van der Waals surface area contributed by atoms with E-state index in [1.165, 1.54) is 6.07 Å². The number of hydrogen-bond acceptors (Lipinski definition) is 3. The van der Waals surface area contributed by atoms with Gasteiger partial charge in [-0.2, -0.15) is 0 Å². The van der Waals surface area contributed by atoms with Crippen LogP contribution in [0, 0.1) is 12.7 Å². The molecule has 84 valence electrons. The topological polar surface area (TPSA) is 24.9 Å². The van der Waals surface area contributed by atoms with Gasteiger partial charge in [-0.1, -0.05) is 0 Å². The van der Waals surface area contributed by atoms with E-state index in [0.717, 1.165) is 16.4 Å². The molecule has 2 nitrogen and oxygen atoms in total. The Hall–Kier alpha value is -0.940. The molecular weight excluding hydrogens is 291 g/mol. The molecule has 0 radical (unpaired) electrons. The first-order chi connectivity index (χ1) is 7.65. The monoisotopic (exact) mass is 300 g/mol. The van der Waals surface area contributed by atoms with Gasteiger partial charge in [-0.05, 0) is 41.1 Å². The molecular formula is C11H10BrFN2S. The molecule has 0 spiro atoms. The van der Waals surface area contributed by atoms with Crippen LogP contribution in [-0.2, 0) is 6.54 Å². The Morgan fingerprint density at radius 2 is 2.31 bits per heavy atom. The summed E-state index contributed by atoms with van der Waals surface area (Å²) in [6.07, 6.45) is 0. The van der Waals surface area contributed by atoms with Crippen LogP contribution in [0.4, 0.5) is 10.1 Å². The number of thiazole rings is 1. The second kappa shape index (κ2) is 4.93. The van der Waals surface area contributed by atoms with Crippen molar-refractivity contribution in [3.8, 4) is 0 Å². The van der Waals surface area contributed by atoms with Gasteiger partial charge in [-0.3, -0.25) is 0 Å². The van der Waals surface area contributed by atoms with Gasteiger partial charge in [-0.25, -0.2) is 9.37 Å². The van der Waals surface area contributed by atoms with Crippen molar-refractivity contribution in [2.24, 2.45) is 0 Å². The molecule has 2 rings (SSSR count). The van der Waals surface area contributed by atoms with Gasteiger partial charge in [0.25, 0.3) is 0 Å². The summed E-state index contributed by atoms with van der Waals surface area (Å²) in [4.78, 5) is 4.34. The molecule has 16 heavy (non-hydrogen) atoms. The van der Waals surface area contributed by atoms with Gasteiger partial charge in [0, 0.05) is 16.8 Å². The van der Waals surface area contributed by atoms with Crippen LogP contribution in [0.1, 0.15) is 10.7 Å². The molecule has 0 aliphatic carbocycles. The fourth-order valence-electron chi connectivity index (χ4n) is 1.27. The van der Waals surface area contributed by atoms with Gasteiger partial charge < -0.3 is 5.32 Å². The first kappa shape index (κ1) is 11.5. The SMILES string of the molecule is Cc1csc(CNc2ccc(F)c(Br)c2)n1. The summed E-state index contributed by atoms with van der Waals surface area (Å²) in [6, 6.07) is 4.86. The zero-order valence-electron chi connectivity index (χ0n) is 8.63. The molecule has 2 aromatic rings. The van der Waals surface area contributed by atoms with Crippen LogP contribution in [0.5, 0.6) is 0 Å². The smallest absolute Gasteiger partial charge is 0.137 e. The third-order valence-corrected chi connectivity index (χ3v) is 3.60. The van der Waals surface area contributed by atoms with Crippen LogP contribution in [0.15, 0.2) is 28.1 Å². The van der Waals surface area contributed by atoms with E-state index < -0.39 is 0 Å². The lowest BCUT2D eigenvalue weighted by atomic mass is 10.3. The number of hydrogen-bond donors (Lipinski definition) is 1. The largest absolute Gasteiger partial charge is 0.378 e. The summed E-state index contributed by atoms with van der Waals surface area (Å²) in [5.74, 6) is -0.254. The number of aromatic nitrogens is 1. The van der Waals surface area contributed by atoms with E-state index in [-0.39, 0.29) is 5.82 Å². The lowest BCUT2D eigenvalue weighted by Crippen LogP contribution is -1.99. The van der Waals surface area contributed by atoms with E-state index in [1.807, 2.05) is 12.3 Å². The third-order valence-electron chi connectivity index (χ3n) is 2.03. The average molecular weight is 301 g/mol. The van der Waals surface area contributed by atoms with E-state index in [4.69, 9.17) is 0 Å². The van der Waals surface area contributed by atoms with E-state index in [2.05, 4.69) is 26.2 Å². The van der Waals surface area contributed by atoms with E-state index in [1.54, 1.807) is 23.5 Å². The van der Waals surface area contributed by atoms with E-state index >= 15 is 0 Å². The Bertz CT molecular complexity index is 498. The van der Waals surface area contributed by atoms with Crippen molar-refractivity contribution in [1.29, 1.82) is 0 Å². The number of rotatable bonds is 3. The molecule has 0 bridgehead atoms. The van der Waals surface area contributed by atoms with Crippen LogP contribution in [0.2, 0.25) is 0 Å². The minimum atomic E-state index is -0.254. The molecule has 0 atom stereocenters. The van der Waals surface area contributed by atoms with Crippen molar-refractivity contribution in [3.63, 3.8) is 0 Å². The number of nitrogens with one attached hydrogen (secondary N) is 1. The minimum absolute atomic E-state index is 0.254. The Labute approximate surface area is 106 Å². The number of halogens is 2. The van der Waals surface area contributed by atoms with Gasteiger partial charge >= 0.3 is 0 Å². The second-order valence-electron chi connectivity index (χ2n) is 3.37. The molecule has 1 aromatic heterocycles. The highest BCUT2D eigenvalue weighted by Gasteiger charge is 2.01. The number of aryl methyl sites for hydroxylation is 1. The Kier molecular flexibility index (Phi) is 3.56. The van der Waals surface area contributed by atoms with E-state index in [0.29, 0.717) is 11.0 Å². The summed E-state index contributed by atoms with van der Waals surface area (Å²) < 4.78 is 13.4. The molecule has 5 heteroatoms. The normalized spacial score (nSPS) is 10.4. The lowest BCUT2D eigenvalue weighted by Gasteiger charge is -2.04. The van der Waals surface area contributed by atoms with Crippen molar-refractivity contribution in [3.05, 3.63) is 44.6 Å². The molecule has 0 saturated carbocycles. The summed E-state index contributed by atoms with van der Waals surface area (Å²) in [5.41, 5.74) is 1.91. The fraction of sp³-hybridized carbons (Fsp3) is 0.182. The predicted molar refractivity (Wildman–Crippen MR) is 68.3 cm³/mol. The molecule has 0 unspecified atom stereocenters. The lowest BCUT2D eigenvalue weighted by molar-refractivity contribution is 0.621. The zero-order valence-corrected chi connectivity index (χ0v) is 11.0. The van der Waals surface area contributed by atoms with Crippen LogP contribution in [0.25, 0.3) is 0 Å². The summed E-state index contributed by atoms with van der Waals surface area (Å²) in [7, 11) is 0. The number of anilines is 1. The molecule has 1 aromatic carbocycles. The molecule has 0 amide bonds. The van der Waals surface area contributed by atoms with Crippen LogP contribution in [0.3, 0.4) is 0 Å². The van der Waals surface area contributed by atoms with Crippen LogP contribution < -0.4 is 5.32 Å².